The van der Waals surface area contributed by atoms with Crippen molar-refractivity contribution >= 4 is 27.3 Å². The first kappa shape index (κ1) is 19.6. The van der Waals surface area contributed by atoms with Gasteiger partial charge in [0.1, 0.15) is 11.6 Å². The zero-order valence-corrected chi connectivity index (χ0v) is 16.0. The highest BCUT2D eigenvalue weighted by Crippen LogP contribution is 2.25. The van der Waals surface area contributed by atoms with E-state index in [1.54, 1.807) is 24.3 Å². The van der Waals surface area contributed by atoms with Crippen LogP contribution in [0.1, 0.15) is 12.0 Å². The molecule has 8 heteroatoms. The van der Waals surface area contributed by atoms with Crippen LogP contribution in [0.5, 0.6) is 5.75 Å². The van der Waals surface area contributed by atoms with Gasteiger partial charge < -0.3 is 9.64 Å². The van der Waals surface area contributed by atoms with Crippen LogP contribution in [-0.2, 0) is 21.2 Å². The molecule has 1 unspecified atom stereocenters. The summed E-state index contributed by atoms with van der Waals surface area (Å²) in [6.45, 7) is -0.380. The number of rotatable bonds is 6. The molecule has 0 aliphatic carbocycles. The molecule has 1 aliphatic heterocycles. The minimum absolute atomic E-state index is 0.00595. The predicted molar refractivity (Wildman–Crippen MR) is 101 cm³/mol. The van der Waals surface area contributed by atoms with Gasteiger partial charge in [-0.05, 0) is 30.7 Å². The number of hydrogen-bond donors (Lipinski definition) is 0. The maximum Gasteiger partial charge on any atom is 0.261 e. The monoisotopic (exact) mass is 411 g/mol. The third-order valence-corrected chi connectivity index (χ3v) is 6.57. The van der Waals surface area contributed by atoms with Gasteiger partial charge in [0.25, 0.3) is 5.91 Å². The molecule has 2 aromatic carbocycles. The predicted octanol–water partition coefficient (Wildman–Crippen LogP) is 3.07. The fraction of sp³-hybridized carbons (Fsp3) is 0.316. The quantitative estimate of drug-likeness (QED) is 0.732. The van der Waals surface area contributed by atoms with Crippen LogP contribution in [0.15, 0.2) is 48.5 Å². The highest BCUT2D eigenvalue weighted by atomic mass is 35.5. The second-order valence-corrected chi connectivity index (χ2v) is 9.02. The summed E-state index contributed by atoms with van der Waals surface area (Å²) in [4.78, 5) is 14.1. The van der Waals surface area contributed by atoms with Crippen molar-refractivity contribution in [1.82, 2.24) is 4.90 Å². The zero-order valence-electron chi connectivity index (χ0n) is 14.5. The minimum atomic E-state index is -3.22. The topological polar surface area (TPSA) is 63.7 Å². The van der Waals surface area contributed by atoms with Crippen LogP contribution in [0.25, 0.3) is 0 Å². The maximum atomic E-state index is 14.2. The van der Waals surface area contributed by atoms with Crippen LogP contribution in [-0.4, -0.2) is 43.4 Å². The normalized spacial score (nSPS) is 18.2. The van der Waals surface area contributed by atoms with Crippen molar-refractivity contribution in [1.29, 1.82) is 0 Å². The van der Waals surface area contributed by atoms with Gasteiger partial charge in [0.2, 0.25) is 0 Å². The molecule has 0 radical (unpaired) electrons. The van der Waals surface area contributed by atoms with E-state index in [4.69, 9.17) is 16.3 Å². The number of halogens is 2. The average Bonchev–Trinajstić information content (AvgIpc) is 3.00. The SMILES string of the molecule is O=C(COc1ccccc1)N(Cc1c(F)cccc1Cl)C1CCS(=O)(=O)C1. The lowest BCUT2D eigenvalue weighted by atomic mass is 10.1. The average molecular weight is 412 g/mol. The van der Waals surface area contributed by atoms with Gasteiger partial charge >= 0.3 is 0 Å². The summed E-state index contributed by atoms with van der Waals surface area (Å²) in [5.74, 6) is -0.568. The van der Waals surface area contributed by atoms with Gasteiger partial charge in [-0.3, -0.25) is 4.79 Å². The molecule has 3 rings (SSSR count). The van der Waals surface area contributed by atoms with E-state index in [9.17, 15) is 17.6 Å². The Bertz CT molecular complexity index is 900. The van der Waals surface area contributed by atoms with E-state index in [0.29, 0.717) is 12.2 Å². The van der Waals surface area contributed by atoms with Crippen molar-refractivity contribution < 1.29 is 22.3 Å². The van der Waals surface area contributed by atoms with Crippen LogP contribution < -0.4 is 4.74 Å². The van der Waals surface area contributed by atoms with Crippen LogP contribution in [0.4, 0.5) is 4.39 Å². The molecule has 5 nitrogen and oxygen atoms in total. The summed E-state index contributed by atoms with van der Waals surface area (Å²) >= 11 is 6.09. The van der Waals surface area contributed by atoms with E-state index in [-0.39, 0.29) is 35.2 Å². The summed E-state index contributed by atoms with van der Waals surface area (Å²) in [5.41, 5.74) is 0.163. The summed E-state index contributed by atoms with van der Waals surface area (Å²) < 4.78 is 43.4. The Labute approximate surface area is 162 Å². The molecule has 1 aliphatic rings. The molecule has 1 atom stereocenters. The highest BCUT2D eigenvalue weighted by molar-refractivity contribution is 7.91. The lowest BCUT2D eigenvalue weighted by Crippen LogP contribution is -2.43. The smallest absolute Gasteiger partial charge is 0.261 e. The molecule has 0 spiro atoms. The summed E-state index contributed by atoms with van der Waals surface area (Å²) in [5, 5.41) is 0.192. The van der Waals surface area contributed by atoms with E-state index in [1.807, 2.05) is 6.07 Å². The number of amides is 1. The van der Waals surface area contributed by atoms with Gasteiger partial charge in [-0.1, -0.05) is 35.9 Å². The molecule has 0 saturated carbocycles. The molecule has 1 heterocycles. The number of sulfone groups is 1. The van der Waals surface area contributed by atoms with Gasteiger partial charge in [-0.25, -0.2) is 12.8 Å². The van der Waals surface area contributed by atoms with Gasteiger partial charge in [-0.2, -0.15) is 0 Å². The van der Waals surface area contributed by atoms with Crippen molar-refractivity contribution in [3.8, 4) is 5.75 Å². The van der Waals surface area contributed by atoms with Gasteiger partial charge in [0.15, 0.2) is 16.4 Å². The van der Waals surface area contributed by atoms with Gasteiger partial charge in [0.05, 0.1) is 18.1 Å². The fourth-order valence-corrected chi connectivity index (χ4v) is 4.99. The molecular weight excluding hydrogens is 393 g/mol. The Balaban J connectivity index is 1.80. The van der Waals surface area contributed by atoms with E-state index in [1.165, 1.54) is 23.1 Å². The highest BCUT2D eigenvalue weighted by Gasteiger charge is 2.35. The lowest BCUT2D eigenvalue weighted by Gasteiger charge is -2.29. The molecule has 1 fully saturated rings. The Hall–Kier alpha value is -2.12. The molecule has 1 saturated heterocycles. The van der Waals surface area contributed by atoms with Crippen molar-refractivity contribution in [2.45, 2.75) is 19.0 Å². The van der Waals surface area contributed by atoms with Crippen LogP contribution in [0, 0.1) is 5.82 Å². The number of benzene rings is 2. The number of ether oxygens (including phenoxy) is 1. The molecule has 0 N–H and O–H groups in total. The van der Waals surface area contributed by atoms with Crippen molar-refractivity contribution in [2.24, 2.45) is 0 Å². The standard InChI is InChI=1S/C19H19ClFNO4S/c20-17-7-4-8-18(21)16(17)11-22(14-9-10-27(24,25)13-14)19(23)12-26-15-5-2-1-3-6-15/h1-8,14H,9-13H2. The second kappa shape index (κ2) is 8.27. The second-order valence-electron chi connectivity index (χ2n) is 6.38. The fourth-order valence-electron chi connectivity index (χ4n) is 3.04. The molecule has 144 valence electrons. The van der Waals surface area contributed by atoms with Crippen molar-refractivity contribution in [3.05, 3.63) is 64.9 Å². The number of hydrogen-bond acceptors (Lipinski definition) is 4. The van der Waals surface area contributed by atoms with Gasteiger partial charge in [-0.15, -0.1) is 0 Å². The number of para-hydroxylation sites is 1. The molecular formula is C19H19ClFNO4S. The zero-order chi connectivity index (χ0) is 19.4. The maximum absolute atomic E-state index is 14.2. The number of carbonyl (C=O) groups is 1. The molecule has 27 heavy (non-hydrogen) atoms. The molecule has 1 amide bonds. The summed E-state index contributed by atoms with van der Waals surface area (Å²) in [6.07, 6.45) is 0.311. The van der Waals surface area contributed by atoms with E-state index in [2.05, 4.69) is 0 Å². The van der Waals surface area contributed by atoms with Crippen LogP contribution in [0.3, 0.4) is 0 Å². The summed E-state index contributed by atoms with van der Waals surface area (Å²) in [7, 11) is -3.22. The number of carbonyl (C=O) groups excluding carboxylic acids is 1. The minimum Gasteiger partial charge on any atom is -0.484 e. The third-order valence-electron chi connectivity index (χ3n) is 4.47. The first-order valence-electron chi connectivity index (χ1n) is 8.46. The summed E-state index contributed by atoms with van der Waals surface area (Å²) in [6, 6.07) is 12.6. The molecule has 0 bridgehead atoms. The van der Waals surface area contributed by atoms with Crippen molar-refractivity contribution in [2.75, 3.05) is 18.1 Å². The molecule has 0 aromatic heterocycles. The van der Waals surface area contributed by atoms with Crippen molar-refractivity contribution in [3.63, 3.8) is 0 Å². The van der Waals surface area contributed by atoms with E-state index >= 15 is 0 Å². The first-order valence-corrected chi connectivity index (χ1v) is 10.7. The van der Waals surface area contributed by atoms with E-state index < -0.39 is 27.6 Å². The lowest BCUT2D eigenvalue weighted by molar-refractivity contribution is -0.136. The first-order chi connectivity index (χ1) is 12.9. The Morgan fingerprint density at radius 1 is 1.19 bits per heavy atom. The Kier molecular flexibility index (Phi) is 6.01. The van der Waals surface area contributed by atoms with Crippen LogP contribution in [0.2, 0.25) is 5.02 Å². The van der Waals surface area contributed by atoms with E-state index in [0.717, 1.165) is 0 Å². The Morgan fingerprint density at radius 3 is 2.56 bits per heavy atom. The molecule has 2 aromatic rings. The largest absolute Gasteiger partial charge is 0.484 e. The third kappa shape index (κ3) is 4.99. The Morgan fingerprint density at radius 2 is 1.93 bits per heavy atom. The number of nitrogens with zero attached hydrogens (tertiary/aromatic N) is 1. The van der Waals surface area contributed by atoms with Crippen LogP contribution >= 0.6 is 11.6 Å². The van der Waals surface area contributed by atoms with Gasteiger partial charge in [0, 0.05) is 16.6 Å².